The van der Waals surface area contributed by atoms with Gasteiger partial charge in [-0.1, -0.05) is 114 Å². The third-order valence-electron chi connectivity index (χ3n) is 8.84. The Hall–Kier alpha value is -4.77. The maximum atomic E-state index is 5.16. The summed E-state index contributed by atoms with van der Waals surface area (Å²) >= 11 is 0. The average Bonchev–Trinajstić information content (AvgIpc) is 3.58. The van der Waals surface area contributed by atoms with Gasteiger partial charge in [0, 0.05) is 24.7 Å². The molecule has 42 heavy (non-hydrogen) atoms. The molecule has 1 aliphatic carbocycles. The molecule has 1 saturated carbocycles. The van der Waals surface area contributed by atoms with E-state index in [2.05, 4.69) is 150 Å². The number of imidazole rings is 1. The van der Waals surface area contributed by atoms with Crippen LogP contribution in [0.4, 0.5) is 0 Å². The molecule has 1 fully saturated rings. The van der Waals surface area contributed by atoms with Crippen molar-refractivity contribution < 1.29 is 0 Å². The first-order chi connectivity index (χ1) is 20.6. The van der Waals surface area contributed by atoms with Gasteiger partial charge in [-0.15, -0.1) is 5.10 Å². The van der Waals surface area contributed by atoms with E-state index < -0.39 is 5.54 Å². The van der Waals surface area contributed by atoms with Crippen LogP contribution in [-0.2, 0) is 12.0 Å². The van der Waals surface area contributed by atoms with Crippen molar-refractivity contribution in [1.29, 1.82) is 0 Å². The smallest absolute Gasteiger partial charge is 0.121 e. The third kappa shape index (κ3) is 4.65. The Balaban J connectivity index is 1.41. The van der Waals surface area contributed by atoms with Gasteiger partial charge in [0.05, 0.1) is 23.8 Å². The fourth-order valence-electron chi connectivity index (χ4n) is 6.35. The summed E-state index contributed by atoms with van der Waals surface area (Å²) in [6.45, 7) is 4.40. The van der Waals surface area contributed by atoms with Crippen LogP contribution in [-0.4, -0.2) is 24.5 Å². The van der Waals surface area contributed by atoms with Gasteiger partial charge in [-0.2, -0.15) is 0 Å². The van der Waals surface area contributed by atoms with Crippen LogP contribution in [0.3, 0.4) is 0 Å². The van der Waals surface area contributed by atoms with Gasteiger partial charge >= 0.3 is 0 Å². The fraction of sp³-hybridized carbons (Fsp3) is 0.216. The molecule has 2 aromatic heterocycles. The van der Waals surface area contributed by atoms with Crippen molar-refractivity contribution in [3.63, 3.8) is 0 Å². The first-order valence-electron chi connectivity index (χ1n) is 14.8. The number of aromatic nitrogens is 5. The maximum Gasteiger partial charge on any atom is 0.121 e. The van der Waals surface area contributed by atoms with E-state index in [0.717, 1.165) is 17.8 Å². The Kier molecular flexibility index (Phi) is 6.79. The molecule has 6 aromatic rings. The van der Waals surface area contributed by atoms with Gasteiger partial charge in [-0.25, -0.2) is 9.67 Å². The third-order valence-corrected chi connectivity index (χ3v) is 8.84. The summed E-state index contributed by atoms with van der Waals surface area (Å²) in [4.78, 5) is 5.16. The van der Waals surface area contributed by atoms with Crippen LogP contribution in [0.1, 0.15) is 69.6 Å². The summed E-state index contributed by atoms with van der Waals surface area (Å²) in [5.41, 5.74) is 8.84. The lowest BCUT2D eigenvalue weighted by Gasteiger charge is -2.37. The number of rotatable bonds is 9. The maximum absolute atomic E-state index is 5.16. The van der Waals surface area contributed by atoms with E-state index in [0.29, 0.717) is 6.04 Å². The van der Waals surface area contributed by atoms with Gasteiger partial charge in [0.15, 0.2) is 0 Å². The SMILES string of the molecule is Cc1cccc(C(Cc2cn(C3CC3)nn2)c2cn(C(c3ccccc3)(c3ccccc3)c3ccccc3)cn2)c1C. The number of aryl methyl sites for hydroxylation is 1. The molecular weight excluding hydrogens is 514 g/mol. The Morgan fingerprint density at radius 3 is 1.90 bits per heavy atom. The van der Waals surface area contributed by atoms with Crippen molar-refractivity contribution in [2.75, 3.05) is 0 Å². The van der Waals surface area contributed by atoms with E-state index in [4.69, 9.17) is 4.98 Å². The molecular formula is C37H35N5. The van der Waals surface area contributed by atoms with Crippen molar-refractivity contribution in [3.8, 4) is 0 Å². The topological polar surface area (TPSA) is 48.5 Å². The lowest BCUT2D eigenvalue weighted by molar-refractivity contribution is 0.514. The van der Waals surface area contributed by atoms with Gasteiger partial charge in [0.1, 0.15) is 5.54 Å². The van der Waals surface area contributed by atoms with Crippen molar-refractivity contribution in [1.82, 2.24) is 24.5 Å². The van der Waals surface area contributed by atoms with Gasteiger partial charge < -0.3 is 4.57 Å². The predicted octanol–water partition coefficient (Wildman–Crippen LogP) is 7.64. The summed E-state index contributed by atoms with van der Waals surface area (Å²) in [7, 11) is 0. The van der Waals surface area contributed by atoms with Gasteiger partial charge in [-0.05, 0) is 60.1 Å². The second-order valence-electron chi connectivity index (χ2n) is 11.5. The highest BCUT2D eigenvalue weighted by Crippen LogP contribution is 2.42. The highest BCUT2D eigenvalue weighted by Gasteiger charge is 2.39. The minimum absolute atomic E-state index is 0.0375. The Morgan fingerprint density at radius 2 is 1.33 bits per heavy atom. The summed E-state index contributed by atoms with van der Waals surface area (Å²) < 4.78 is 4.35. The molecule has 4 aromatic carbocycles. The second kappa shape index (κ2) is 10.9. The molecule has 1 aliphatic rings. The summed E-state index contributed by atoms with van der Waals surface area (Å²) in [5, 5.41) is 9.06. The van der Waals surface area contributed by atoms with Crippen LogP contribution >= 0.6 is 0 Å². The van der Waals surface area contributed by atoms with Crippen LogP contribution in [0.25, 0.3) is 0 Å². The van der Waals surface area contributed by atoms with Crippen LogP contribution in [0.5, 0.6) is 0 Å². The number of hydrogen-bond donors (Lipinski definition) is 0. The Labute approximate surface area is 247 Å². The molecule has 2 heterocycles. The minimum atomic E-state index is -0.601. The number of nitrogens with zero attached hydrogens (tertiary/aromatic N) is 5. The quantitative estimate of drug-likeness (QED) is 0.174. The van der Waals surface area contributed by atoms with E-state index in [9.17, 15) is 0 Å². The van der Waals surface area contributed by atoms with Crippen LogP contribution in [0.2, 0.25) is 0 Å². The lowest BCUT2D eigenvalue weighted by Crippen LogP contribution is -2.37. The summed E-state index contributed by atoms with van der Waals surface area (Å²) in [6.07, 6.45) is 9.52. The van der Waals surface area contributed by atoms with Gasteiger partial charge in [-0.3, -0.25) is 0 Å². The number of hydrogen-bond acceptors (Lipinski definition) is 3. The molecule has 0 bridgehead atoms. The van der Waals surface area contributed by atoms with E-state index in [-0.39, 0.29) is 5.92 Å². The summed E-state index contributed by atoms with van der Waals surface area (Å²) in [5.74, 6) is 0.0375. The van der Waals surface area contributed by atoms with E-state index in [1.165, 1.54) is 46.2 Å². The molecule has 0 radical (unpaired) electrons. The second-order valence-corrected chi connectivity index (χ2v) is 11.5. The fourth-order valence-corrected chi connectivity index (χ4v) is 6.35. The van der Waals surface area contributed by atoms with E-state index in [1.807, 2.05) is 11.0 Å². The highest BCUT2D eigenvalue weighted by molar-refractivity contribution is 5.51. The van der Waals surface area contributed by atoms with Crippen molar-refractivity contribution in [2.24, 2.45) is 0 Å². The lowest BCUT2D eigenvalue weighted by atomic mass is 9.76. The highest BCUT2D eigenvalue weighted by atomic mass is 15.4. The van der Waals surface area contributed by atoms with Crippen LogP contribution in [0.15, 0.2) is 128 Å². The Bertz CT molecular complexity index is 1690. The molecule has 0 aliphatic heterocycles. The molecule has 0 saturated heterocycles. The normalized spacial score (nSPS) is 14.1. The number of benzene rings is 4. The van der Waals surface area contributed by atoms with Gasteiger partial charge in [0.2, 0.25) is 0 Å². The predicted molar refractivity (Wildman–Crippen MR) is 167 cm³/mol. The van der Waals surface area contributed by atoms with Gasteiger partial charge in [0.25, 0.3) is 0 Å². The zero-order valence-corrected chi connectivity index (χ0v) is 24.1. The van der Waals surface area contributed by atoms with Crippen molar-refractivity contribution in [2.45, 2.75) is 50.6 Å². The molecule has 1 unspecified atom stereocenters. The van der Waals surface area contributed by atoms with Crippen LogP contribution in [0, 0.1) is 13.8 Å². The summed E-state index contributed by atoms with van der Waals surface area (Å²) in [6, 6.07) is 39.4. The first kappa shape index (κ1) is 26.1. The molecule has 7 rings (SSSR count). The molecule has 208 valence electrons. The largest absolute Gasteiger partial charge is 0.319 e. The van der Waals surface area contributed by atoms with E-state index >= 15 is 0 Å². The average molecular weight is 550 g/mol. The monoisotopic (exact) mass is 549 g/mol. The first-order valence-corrected chi connectivity index (χ1v) is 14.8. The van der Waals surface area contributed by atoms with Crippen molar-refractivity contribution >= 4 is 0 Å². The zero-order chi connectivity index (χ0) is 28.5. The Morgan fingerprint density at radius 1 is 0.738 bits per heavy atom. The van der Waals surface area contributed by atoms with E-state index in [1.54, 1.807) is 0 Å². The zero-order valence-electron chi connectivity index (χ0n) is 24.1. The molecule has 0 spiro atoms. The van der Waals surface area contributed by atoms with Crippen molar-refractivity contribution in [3.05, 3.63) is 173 Å². The minimum Gasteiger partial charge on any atom is -0.319 e. The molecule has 0 amide bonds. The van der Waals surface area contributed by atoms with Crippen LogP contribution < -0.4 is 0 Å². The molecule has 5 heteroatoms. The molecule has 1 atom stereocenters. The molecule has 0 N–H and O–H groups in total. The standard InChI is InChI=1S/C37H35N5/c1-27-13-12-20-34(28(27)2)35(23-32-24-42(40-39-32)33-21-22-33)36-25-41(26-38-36)37(29-14-6-3-7-15-29,30-16-8-4-9-17-30)31-18-10-5-11-19-31/h3-20,24-26,33,35H,21-23H2,1-2H3. The molecule has 5 nitrogen and oxygen atoms in total.